The first kappa shape index (κ1) is 35.1. The van der Waals surface area contributed by atoms with E-state index in [1.54, 1.807) is 0 Å². The quantitative estimate of drug-likeness (QED) is 0.162. The Morgan fingerprint density at radius 1 is 0.608 bits per heavy atom. The third-order valence-corrected chi connectivity index (χ3v) is 10.5. The molecule has 0 radical (unpaired) electrons. The molecule has 258 valence electrons. The first-order valence-corrected chi connectivity index (χ1v) is 17.8. The van der Waals surface area contributed by atoms with Gasteiger partial charge in [-0.25, -0.2) is 0 Å². The molecule has 2 aromatic heterocycles. The molecule has 4 aromatic carbocycles. The van der Waals surface area contributed by atoms with Crippen LogP contribution in [-0.4, -0.2) is 9.97 Å². The van der Waals surface area contributed by atoms with Crippen molar-refractivity contribution in [1.82, 2.24) is 9.97 Å². The van der Waals surface area contributed by atoms with Crippen molar-refractivity contribution < 1.29 is 25.8 Å². The summed E-state index contributed by atoms with van der Waals surface area (Å²) in [6.45, 7) is 13.6. The van der Waals surface area contributed by atoms with Crippen molar-refractivity contribution in [3.63, 3.8) is 0 Å². The van der Waals surface area contributed by atoms with E-state index in [9.17, 15) is 0 Å². The molecule has 0 aliphatic heterocycles. The number of rotatable bonds is 5. The molecular weight excluding hydrogens is 804 g/mol. The molecule has 0 N–H and O–H groups in total. The second kappa shape index (κ2) is 13.3. The van der Waals surface area contributed by atoms with Crippen LogP contribution in [0, 0.1) is 17.5 Å². The monoisotopic (exact) mass is 847 g/mol. The summed E-state index contributed by atoms with van der Waals surface area (Å²) in [6, 6.07) is 45.3. The number of benzene rings is 4. The van der Waals surface area contributed by atoms with Crippen LogP contribution in [-0.2, 0) is 57.6 Å². The zero-order chi connectivity index (χ0) is 34.7. The predicted octanol–water partition coefficient (Wildman–Crippen LogP) is 11.3. The van der Waals surface area contributed by atoms with Gasteiger partial charge in [0.1, 0.15) is 0 Å². The minimum absolute atomic E-state index is 0. The van der Waals surface area contributed by atoms with Crippen molar-refractivity contribution in [1.29, 1.82) is 0 Å². The van der Waals surface area contributed by atoms with Crippen LogP contribution in [0.3, 0.4) is 0 Å². The van der Waals surface area contributed by atoms with E-state index >= 15 is 0 Å². The average Bonchev–Trinajstić information content (AvgIpc) is 3.65. The van der Waals surface area contributed by atoms with Crippen molar-refractivity contribution in [2.24, 2.45) is 5.41 Å². The Bertz CT molecular complexity index is 2200. The maximum absolute atomic E-state index is 6.57. The van der Waals surface area contributed by atoms with Crippen LogP contribution >= 0.6 is 0 Å². The molecule has 0 amide bonds. The Kier molecular flexibility index (Phi) is 9.17. The Hall–Kier alpha value is -4.33. The molecule has 4 heteroatoms. The van der Waals surface area contributed by atoms with E-state index in [-0.39, 0.29) is 37.3 Å². The number of aromatic nitrogens is 2. The summed E-state index contributed by atoms with van der Waals surface area (Å²) < 4.78 is 6.57. The predicted molar refractivity (Wildman–Crippen MR) is 204 cm³/mol. The Labute approximate surface area is 317 Å². The Balaban J connectivity index is 0.00000406. The molecule has 51 heavy (non-hydrogen) atoms. The van der Waals surface area contributed by atoms with Gasteiger partial charge in [0, 0.05) is 6.07 Å². The molecule has 8 rings (SSSR count). The number of ether oxygens (including phenoxy) is 1. The summed E-state index contributed by atoms with van der Waals surface area (Å²) in [7, 11) is 0. The van der Waals surface area contributed by atoms with Crippen LogP contribution in [0.2, 0.25) is 0 Å². The first-order valence-electron chi connectivity index (χ1n) is 17.8. The molecule has 6 aromatic rings. The molecule has 0 fully saturated rings. The van der Waals surface area contributed by atoms with Crippen molar-refractivity contribution in [3.8, 4) is 45.4 Å². The largest absolute Gasteiger partial charge is 2.00 e. The van der Waals surface area contributed by atoms with E-state index in [1.165, 1.54) is 38.9 Å². The van der Waals surface area contributed by atoms with Crippen molar-refractivity contribution >= 4 is 0 Å². The molecule has 0 saturated carbocycles. The molecule has 0 atom stereocenters. The second-order valence-corrected chi connectivity index (χ2v) is 16.4. The molecule has 0 bridgehead atoms. The van der Waals surface area contributed by atoms with Gasteiger partial charge in [-0.05, 0) is 86.3 Å². The second-order valence-electron chi connectivity index (χ2n) is 16.4. The van der Waals surface area contributed by atoms with Crippen LogP contribution in [0.4, 0.5) is 0 Å². The van der Waals surface area contributed by atoms with Gasteiger partial charge in [0.05, 0.1) is 0 Å². The number of pyridine rings is 2. The molecule has 0 saturated heterocycles. The molecular formula is C47H44N2OPt. The summed E-state index contributed by atoms with van der Waals surface area (Å²) >= 11 is 0. The van der Waals surface area contributed by atoms with Gasteiger partial charge in [-0.1, -0.05) is 109 Å². The fraction of sp³-hybridized carbons (Fsp3) is 0.277. The molecule has 2 aliphatic carbocycles. The SMILES string of the molecule is CC(C)(C)c1ccc(-c2cc(Oc3cccc(-c4[c-]ccc5c4CC4(Cc6ccccc6C4)C5)n3)nc(-c3[c-]cccc3)c2)c(C(C)(C)C)c1.[Pt+2]. The standard InChI is InChI=1S/C47H44N2O.Pt/c1-45(2,3)36-22-23-37(40(26-36)46(4,5)6)35-24-42(31-14-8-7-9-15-31)49-44(25-35)50-43-21-13-20-41(48-43)38-19-12-18-34-29-47(30-39(34)38)27-32-16-10-11-17-33(32)28-47;/h7-14,16-18,20-26H,27-30H2,1-6H3;/q-2;+2. The minimum atomic E-state index is -0.0673. The van der Waals surface area contributed by atoms with Gasteiger partial charge in [0.15, 0.2) is 0 Å². The number of fused-ring (bicyclic) bond motifs is 2. The van der Waals surface area contributed by atoms with E-state index in [4.69, 9.17) is 14.7 Å². The van der Waals surface area contributed by atoms with Gasteiger partial charge < -0.3 is 4.74 Å². The normalized spacial score (nSPS) is 14.5. The van der Waals surface area contributed by atoms with E-state index < -0.39 is 0 Å². The molecule has 0 unspecified atom stereocenters. The minimum Gasteiger partial charge on any atom is -0.422 e. The molecule has 2 aliphatic rings. The van der Waals surface area contributed by atoms with Crippen LogP contribution in [0.25, 0.3) is 33.6 Å². The van der Waals surface area contributed by atoms with Gasteiger partial charge in [-0.3, -0.25) is 9.97 Å². The van der Waals surface area contributed by atoms with Crippen molar-refractivity contribution in [2.45, 2.75) is 78.1 Å². The summed E-state index contributed by atoms with van der Waals surface area (Å²) in [5.41, 5.74) is 14.6. The third-order valence-electron chi connectivity index (χ3n) is 10.5. The van der Waals surface area contributed by atoms with Crippen LogP contribution < -0.4 is 4.74 Å². The van der Waals surface area contributed by atoms with Gasteiger partial charge in [0.2, 0.25) is 11.8 Å². The first-order chi connectivity index (χ1) is 23.9. The molecule has 3 nitrogen and oxygen atoms in total. The molecule has 1 spiro atoms. The Morgan fingerprint density at radius 2 is 1.33 bits per heavy atom. The van der Waals surface area contributed by atoms with E-state index in [0.717, 1.165) is 53.8 Å². The van der Waals surface area contributed by atoms with E-state index in [1.807, 2.05) is 36.4 Å². The van der Waals surface area contributed by atoms with Gasteiger partial charge in [0.25, 0.3) is 0 Å². The smallest absolute Gasteiger partial charge is 0.422 e. The maximum atomic E-state index is 6.57. The number of hydrogen-bond donors (Lipinski definition) is 0. The Morgan fingerprint density at radius 3 is 2.04 bits per heavy atom. The maximum Gasteiger partial charge on any atom is 2.00 e. The van der Waals surface area contributed by atoms with E-state index in [2.05, 4.69) is 126 Å². The van der Waals surface area contributed by atoms with Crippen LogP contribution in [0.5, 0.6) is 11.8 Å². The van der Waals surface area contributed by atoms with Crippen LogP contribution in [0.15, 0.2) is 109 Å². The average molecular weight is 848 g/mol. The van der Waals surface area contributed by atoms with Gasteiger partial charge >= 0.3 is 21.1 Å². The third kappa shape index (κ3) is 6.98. The van der Waals surface area contributed by atoms with Gasteiger partial charge in [-0.2, -0.15) is 0 Å². The summed E-state index contributed by atoms with van der Waals surface area (Å²) in [5, 5.41) is 0. The fourth-order valence-corrected chi connectivity index (χ4v) is 8.04. The summed E-state index contributed by atoms with van der Waals surface area (Å²) in [6.07, 6.45) is 4.40. The zero-order valence-electron chi connectivity index (χ0n) is 30.3. The summed E-state index contributed by atoms with van der Waals surface area (Å²) in [5.74, 6) is 1.02. The van der Waals surface area contributed by atoms with Crippen LogP contribution in [0.1, 0.15) is 74.9 Å². The number of nitrogens with zero attached hydrogens (tertiary/aromatic N) is 2. The summed E-state index contributed by atoms with van der Waals surface area (Å²) in [4.78, 5) is 10.1. The fourth-order valence-electron chi connectivity index (χ4n) is 8.04. The zero-order valence-corrected chi connectivity index (χ0v) is 32.6. The van der Waals surface area contributed by atoms with Crippen molar-refractivity contribution in [2.75, 3.05) is 0 Å². The van der Waals surface area contributed by atoms with Crippen molar-refractivity contribution in [3.05, 3.63) is 155 Å². The number of hydrogen-bond acceptors (Lipinski definition) is 3. The molecule has 2 heterocycles. The van der Waals surface area contributed by atoms with E-state index in [0.29, 0.717) is 11.8 Å². The van der Waals surface area contributed by atoms with Gasteiger partial charge in [-0.15, -0.1) is 70.8 Å². The topological polar surface area (TPSA) is 35.0 Å².